The largest absolute Gasteiger partial charge is 0.478 e. The summed E-state index contributed by atoms with van der Waals surface area (Å²) in [6, 6.07) is 13.7. The molecule has 0 heterocycles. The van der Waals surface area contributed by atoms with E-state index in [1.54, 1.807) is 0 Å². The highest BCUT2D eigenvalue weighted by molar-refractivity contribution is 5.73. The number of carboxylic acids is 1. The Morgan fingerprint density at radius 1 is 1.04 bits per heavy atom. The van der Waals surface area contributed by atoms with Crippen molar-refractivity contribution in [3.05, 3.63) is 64.7 Å². The van der Waals surface area contributed by atoms with Crippen LogP contribution in [0.15, 0.2) is 42.5 Å². The van der Waals surface area contributed by atoms with Crippen LogP contribution >= 0.6 is 0 Å². The van der Waals surface area contributed by atoms with E-state index in [1.165, 1.54) is 5.56 Å². The maximum atomic E-state index is 11.6. The van der Waals surface area contributed by atoms with Crippen molar-refractivity contribution in [2.24, 2.45) is 0 Å². The minimum Gasteiger partial charge on any atom is -0.478 e. The Kier molecular flexibility index (Phi) is 5.33. The van der Waals surface area contributed by atoms with Crippen LogP contribution in [0.25, 0.3) is 0 Å². The topological polar surface area (TPSA) is 46.5 Å². The molecule has 0 unspecified atom stereocenters. The third kappa shape index (κ3) is 4.38. The van der Waals surface area contributed by atoms with Crippen molar-refractivity contribution in [3.8, 4) is 5.75 Å². The smallest absolute Gasteiger partial charge is 0.345 e. The van der Waals surface area contributed by atoms with Crippen LogP contribution in [0.1, 0.15) is 43.0 Å². The minimum atomic E-state index is -0.947. The standard InChI is InChI=1S/C21H26O3/c1-14-7-6-8-15(2)18(14)13-19(20(22)23)24-17-11-9-16(10-12-17)21(3,4)5/h6-12,19H,13H2,1-5H3,(H,22,23)/t19-/m1/s1. The van der Waals surface area contributed by atoms with Gasteiger partial charge in [0.1, 0.15) is 5.75 Å². The lowest BCUT2D eigenvalue weighted by Gasteiger charge is -2.21. The summed E-state index contributed by atoms with van der Waals surface area (Å²) in [6.07, 6.45) is -0.542. The lowest BCUT2D eigenvalue weighted by Crippen LogP contribution is -2.30. The molecule has 0 aliphatic rings. The zero-order chi connectivity index (χ0) is 17.9. The molecule has 2 aromatic rings. The van der Waals surface area contributed by atoms with Gasteiger partial charge >= 0.3 is 5.97 Å². The fourth-order valence-electron chi connectivity index (χ4n) is 2.73. The first-order chi connectivity index (χ1) is 11.2. The number of carbonyl (C=O) groups is 1. The van der Waals surface area contributed by atoms with Crippen molar-refractivity contribution in [2.45, 2.75) is 52.6 Å². The average molecular weight is 326 g/mol. The Bertz CT molecular complexity index is 689. The molecular weight excluding hydrogens is 300 g/mol. The van der Waals surface area contributed by atoms with E-state index in [1.807, 2.05) is 56.3 Å². The number of benzene rings is 2. The SMILES string of the molecule is Cc1cccc(C)c1C[C@@H](Oc1ccc(C(C)(C)C)cc1)C(=O)O. The highest BCUT2D eigenvalue weighted by Crippen LogP contribution is 2.25. The molecule has 0 radical (unpaired) electrons. The Morgan fingerprint density at radius 2 is 1.58 bits per heavy atom. The van der Waals surface area contributed by atoms with E-state index in [-0.39, 0.29) is 5.41 Å². The molecule has 0 amide bonds. The number of ether oxygens (including phenoxy) is 1. The van der Waals surface area contributed by atoms with Crippen molar-refractivity contribution < 1.29 is 14.6 Å². The normalized spacial score (nSPS) is 12.7. The zero-order valence-corrected chi connectivity index (χ0v) is 15.1. The Hall–Kier alpha value is -2.29. The molecule has 0 aliphatic heterocycles. The van der Waals surface area contributed by atoms with Gasteiger partial charge in [-0.1, -0.05) is 51.1 Å². The molecule has 0 bridgehead atoms. The number of aliphatic carboxylic acids is 1. The zero-order valence-electron chi connectivity index (χ0n) is 15.1. The van der Waals surface area contributed by atoms with Gasteiger partial charge in [0.25, 0.3) is 0 Å². The van der Waals surface area contributed by atoms with Crippen molar-refractivity contribution in [1.82, 2.24) is 0 Å². The van der Waals surface area contributed by atoms with Gasteiger partial charge in [0.05, 0.1) is 0 Å². The summed E-state index contributed by atoms with van der Waals surface area (Å²) in [7, 11) is 0. The van der Waals surface area contributed by atoms with Gasteiger partial charge in [0, 0.05) is 6.42 Å². The van der Waals surface area contributed by atoms with Gasteiger partial charge in [-0.05, 0) is 53.6 Å². The van der Waals surface area contributed by atoms with Gasteiger partial charge in [-0.15, -0.1) is 0 Å². The van der Waals surface area contributed by atoms with Crippen LogP contribution in [0.2, 0.25) is 0 Å². The maximum Gasteiger partial charge on any atom is 0.345 e. The first kappa shape index (κ1) is 18.1. The Morgan fingerprint density at radius 3 is 2.04 bits per heavy atom. The molecule has 128 valence electrons. The first-order valence-corrected chi connectivity index (χ1v) is 8.23. The van der Waals surface area contributed by atoms with Gasteiger partial charge in [0.15, 0.2) is 6.10 Å². The average Bonchev–Trinajstić information content (AvgIpc) is 2.49. The molecule has 1 N–H and O–H groups in total. The van der Waals surface area contributed by atoms with Gasteiger partial charge in [-0.3, -0.25) is 0 Å². The fraction of sp³-hybridized carbons (Fsp3) is 0.381. The van der Waals surface area contributed by atoms with Gasteiger partial charge in [0.2, 0.25) is 0 Å². The lowest BCUT2D eigenvalue weighted by molar-refractivity contribution is -0.145. The van der Waals surface area contributed by atoms with Crippen LogP contribution in [-0.4, -0.2) is 17.2 Å². The van der Waals surface area contributed by atoms with Crippen LogP contribution in [0.4, 0.5) is 0 Å². The second kappa shape index (κ2) is 7.08. The predicted molar refractivity (Wildman–Crippen MR) is 96.8 cm³/mol. The van der Waals surface area contributed by atoms with Gasteiger partial charge in [-0.2, -0.15) is 0 Å². The van der Waals surface area contributed by atoms with Crippen molar-refractivity contribution in [3.63, 3.8) is 0 Å². The van der Waals surface area contributed by atoms with Crippen LogP contribution in [0, 0.1) is 13.8 Å². The number of hydrogen-bond donors (Lipinski definition) is 1. The molecular formula is C21H26O3. The molecule has 3 nitrogen and oxygen atoms in total. The van der Waals surface area contributed by atoms with Crippen molar-refractivity contribution in [1.29, 1.82) is 0 Å². The van der Waals surface area contributed by atoms with Gasteiger partial charge in [-0.25, -0.2) is 4.79 Å². The van der Waals surface area contributed by atoms with E-state index in [2.05, 4.69) is 20.8 Å². The van der Waals surface area contributed by atoms with Crippen molar-refractivity contribution >= 4 is 5.97 Å². The molecule has 0 saturated heterocycles. The highest BCUT2D eigenvalue weighted by Gasteiger charge is 2.22. The van der Waals surface area contributed by atoms with E-state index in [4.69, 9.17) is 4.74 Å². The third-order valence-corrected chi connectivity index (χ3v) is 4.31. The van der Waals surface area contributed by atoms with Crippen LogP contribution in [0.5, 0.6) is 5.75 Å². The lowest BCUT2D eigenvalue weighted by atomic mass is 9.87. The second-order valence-corrected chi connectivity index (χ2v) is 7.29. The van der Waals surface area contributed by atoms with Gasteiger partial charge < -0.3 is 9.84 Å². The van der Waals surface area contributed by atoms with Crippen LogP contribution < -0.4 is 4.74 Å². The molecule has 0 fully saturated rings. The molecule has 0 spiro atoms. The van der Waals surface area contributed by atoms with E-state index in [0.29, 0.717) is 12.2 Å². The summed E-state index contributed by atoms with van der Waals surface area (Å²) in [5.74, 6) is -0.362. The molecule has 2 rings (SSSR count). The van der Waals surface area contributed by atoms with Crippen LogP contribution in [-0.2, 0) is 16.6 Å². The molecule has 3 heteroatoms. The number of carboxylic acid groups (broad SMARTS) is 1. The highest BCUT2D eigenvalue weighted by atomic mass is 16.5. The number of aryl methyl sites for hydroxylation is 2. The fourth-order valence-corrected chi connectivity index (χ4v) is 2.73. The summed E-state index contributed by atoms with van der Waals surface area (Å²) < 4.78 is 5.76. The molecule has 1 atom stereocenters. The molecule has 24 heavy (non-hydrogen) atoms. The van der Waals surface area contributed by atoms with E-state index in [0.717, 1.165) is 16.7 Å². The molecule has 0 aliphatic carbocycles. The van der Waals surface area contributed by atoms with E-state index in [9.17, 15) is 9.90 Å². The van der Waals surface area contributed by atoms with E-state index < -0.39 is 12.1 Å². The van der Waals surface area contributed by atoms with Crippen molar-refractivity contribution in [2.75, 3.05) is 0 Å². The second-order valence-electron chi connectivity index (χ2n) is 7.29. The summed E-state index contributed by atoms with van der Waals surface area (Å²) in [5.41, 5.74) is 4.47. The summed E-state index contributed by atoms with van der Waals surface area (Å²) in [4.78, 5) is 11.6. The first-order valence-electron chi connectivity index (χ1n) is 8.23. The Labute approximate surface area is 144 Å². The minimum absolute atomic E-state index is 0.0585. The molecule has 2 aromatic carbocycles. The predicted octanol–water partition coefficient (Wildman–Crippen LogP) is 4.68. The number of rotatable bonds is 5. The third-order valence-electron chi connectivity index (χ3n) is 4.31. The summed E-state index contributed by atoms with van der Waals surface area (Å²) >= 11 is 0. The Balaban J connectivity index is 2.19. The maximum absolute atomic E-state index is 11.6. The quantitative estimate of drug-likeness (QED) is 0.868. The number of hydrogen-bond acceptors (Lipinski definition) is 2. The van der Waals surface area contributed by atoms with Crippen LogP contribution in [0.3, 0.4) is 0 Å². The summed E-state index contributed by atoms with van der Waals surface area (Å²) in [5, 5.41) is 9.54. The summed E-state index contributed by atoms with van der Waals surface area (Å²) in [6.45, 7) is 10.4. The molecule has 0 saturated carbocycles. The molecule has 0 aromatic heterocycles. The monoisotopic (exact) mass is 326 g/mol. The van der Waals surface area contributed by atoms with E-state index >= 15 is 0 Å².